The highest BCUT2D eigenvalue weighted by Gasteiger charge is 2.21. The van der Waals surface area contributed by atoms with Crippen LogP contribution in [0.15, 0.2) is 24.3 Å². The number of benzene rings is 1. The third-order valence-corrected chi connectivity index (χ3v) is 4.02. The van der Waals surface area contributed by atoms with Crippen LogP contribution in [0.3, 0.4) is 0 Å². The number of rotatable bonds is 3. The van der Waals surface area contributed by atoms with Crippen LogP contribution >= 0.6 is 0 Å². The Morgan fingerprint density at radius 1 is 1.32 bits per heavy atom. The lowest BCUT2D eigenvalue weighted by molar-refractivity contribution is 0.0937. The van der Waals surface area contributed by atoms with Crippen LogP contribution < -0.4 is 10.6 Å². The molecule has 2 aromatic rings. The van der Waals surface area contributed by atoms with E-state index in [-0.39, 0.29) is 11.9 Å². The maximum absolute atomic E-state index is 12.4. The molecule has 1 aromatic heterocycles. The van der Waals surface area contributed by atoms with E-state index in [4.69, 9.17) is 0 Å². The van der Waals surface area contributed by atoms with Crippen molar-refractivity contribution >= 4 is 5.91 Å². The Hall–Kier alpha value is -2.21. The van der Waals surface area contributed by atoms with Gasteiger partial charge >= 0.3 is 0 Å². The SMILES string of the molecule is Cc1ccccc1C(=O)N[C@@H](C)c1nnc2n1CCNCC2. The van der Waals surface area contributed by atoms with Gasteiger partial charge in [0.25, 0.3) is 5.91 Å². The quantitative estimate of drug-likeness (QED) is 0.894. The third kappa shape index (κ3) is 2.87. The molecule has 2 heterocycles. The molecule has 1 aliphatic rings. The number of aryl methyl sites for hydroxylation is 1. The Balaban J connectivity index is 1.78. The van der Waals surface area contributed by atoms with E-state index < -0.39 is 0 Å². The molecule has 3 rings (SSSR count). The number of aromatic nitrogens is 3. The summed E-state index contributed by atoms with van der Waals surface area (Å²) in [5.41, 5.74) is 1.67. The monoisotopic (exact) mass is 299 g/mol. The number of fused-ring (bicyclic) bond motifs is 1. The molecule has 6 nitrogen and oxygen atoms in total. The van der Waals surface area contributed by atoms with Crippen molar-refractivity contribution in [1.29, 1.82) is 0 Å². The molecular weight excluding hydrogens is 278 g/mol. The standard InChI is InChI=1S/C16H21N5O/c1-11-5-3-4-6-13(11)16(22)18-12(2)15-20-19-14-7-8-17-9-10-21(14)15/h3-6,12,17H,7-10H2,1-2H3,(H,18,22)/t12-/m0/s1. The molecule has 0 fully saturated rings. The van der Waals surface area contributed by atoms with Crippen molar-refractivity contribution in [1.82, 2.24) is 25.4 Å². The van der Waals surface area contributed by atoms with E-state index in [0.29, 0.717) is 5.56 Å². The highest BCUT2D eigenvalue weighted by Crippen LogP contribution is 2.15. The molecule has 1 amide bonds. The Morgan fingerprint density at radius 2 is 2.14 bits per heavy atom. The summed E-state index contributed by atoms with van der Waals surface area (Å²) in [7, 11) is 0. The number of carbonyl (C=O) groups is 1. The molecule has 6 heteroatoms. The lowest BCUT2D eigenvalue weighted by Crippen LogP contribution is -2.30. The first-order valence-electron chi connectivity index (χ1n) is 7.66. The van der Waals surface area contributed by atoms with Gasteiger partial charge in [-0.1, -0.05) is 18.2 Å². The van der Waals surface area contributed by atoms with E-state index in [1.54, 1.807) is 0 Å². The Kier molecular flexibility index (Phi) is 4.20. The highest BCUT2D eigenvalue weighted by molar-refractivity contribution is 5.95. The summed E-state index contributed by atoms with van der Waals surface area (Å²) in [5.74, 6) is 1.73. The van der Waals surface area contributed by atoms with E-state index >= 15 is 0 Å². The van der Waals surface area contributed by atoms with Crippen LogP contribution in [-0.2, 0) is 13.0 Å². The van der Waals surface area contributed by atoms with E-state index in [1.165, 1.54) is 0 Å². The van der Waals surface area contributed by atoms with Gasteiger partial charge in [-0.15, -0.1) is 10.2 Å². The number of nitrogens with one attached hydrogen (secondary N) is 2. The molecule has 0 unspecified atom stereocenters. The molecule has 1 aromatic carbocycles. The number of carbonyl (C=O) groups excluding carboxylic acids is 1. The van der Waals surface area contributed by atoms with Crippen LogP contribution in [0.25, 0.3) is 0 Å². The second-order valence-corrected chi connectivity index (χ2v) is 5.64. The fourth-order valence-electron chi connectivity index (χ4n) is 2.78. The first-order valence-corrected chi connectivity index (χ1v) is 7.66. The molecule has 0 radical (unpaired) electrons. The molecule has 22 heavy (non-hydrogen) atoms. The Labute approximate surface area is 129 Å². The van der Waals surface area contributed by atoms with Gasteiger partial charge in [-0.3, -0.25) is 4.79 Å². The van der Waals surface area contributed by atoms with Gasteiger partial charge in [-0.25, -0.2) is 0 Å². The van der Waals surface area contributed by atoms with Crippen molar-refractivity contribution in [3.05, 3.63) is 47.0 Å². The second-order valence-electron chi connectivity index (χ2n) is 5.64. The van der Waals surface area contributed by atoms with Gasteiger partial charge in [0.1, 0.15) is 5.82 Å². The highest BCUT2D eigenvalue weighted by atomic mass is 16.1. The van der Waals surface area contributed by atoms with Crippen LogP contribution in [0.1, 0.15) is 40.5 Å². The molecule has 0 saturated carbocycles. The van der Waals surface area contributed by atoms with Crippen molar-refractivity contribution in [2.24, 2.45) is 0 Å². The van der Waals surface area contributed by atoms with E-state index in [9.17, 15) is 4.79 Å². The maximum atomic E-state index is 12.4. The van der Waals surface area contributed by atoms with Crippen molar-refractivity contribution < 1.29 is 4.79 Å². The molecule has 0 spiro atoms. The molecule has 0 aliphatic carbocycles. The summed E-state index contributed by atoms with van der Waals surface area (Å²) in [5, 5.41) is 14.9. The van der Waals surface area contributed by atoms with Crippen LogP contribution in [0, 0.1) is 6.92 Å². The summed E-state index contributed by atoms with van der Waals surface area (Å²) in [6.07, 6.45) is 0.867. The molecule has 1 atom stereocenters. The summed E-state index contributed by atoms with van der Waals surface area (Å²) in [4.78, 5) is 12.4. The molecule has 1 aliphatic heterocycles. The Morgan fingerprint density at radius 3 is 2.95 bits per heavy atom. The lowest BCUT2D eigenvalue weighted by atomic mass is 10.1. The van der Waals surface area contributed by atoms with Gasteiger partial charge in [-0.05, 0) is 25.5 Å². The average molecular weight is 299 g/mol. The molecule has 0 bridgehead atoms. The van der Waals surface area contributed by atoms with Crippen molar-refractivity contribution in [3.63, 3.8) is 0 Å². The van der Waals surface area contributed by atoms with Crippen LogP contribution in [0.5, 0.6) is 0 Å². The second kappa shape index (κ2) is 6.27. The zero-order chi connectivity index (χ0) is 15.5. The van der Waals surface area contributed by atoms with Crippen molar-refractivity contribution in [2.45, 2.75) is 32.9 Å². The predicted molar refractivity (Wildman–Crippen MR) is 83.7 cm³/mol. The number of amides is 1. The first-order chi connectivity index (χ1) is 10.7. The van der Waals surface area contributed by atoms with Gasteiger partial charge in [0.2, 0.25) is 0 Å². The molecule has 0 saturated heterocycles. The summed E-state index contributed by atoms with van der Waals surface area (Å²) in [6.45, 7) is 6.54. The van der Waals surface area contributed by atoms with Gasteiger partial charge < -0.3 is 15.2 Å². The first kappa shape index (κ1) is 14.7. The minimum Gasteiger partial charge on any atom is -0.342 e. The zero-order valence-corrected chi connectivity index (χ0v) is 13.0. The summed E-state index contributed by atoms with van der Waals surface area (Å²) >= 11 is 0. The van der Waals surface area contributed by atoms with E-state index in [2.05, 4.69) is 25.4 Å². The number of nitrogens with zero attached hydrogens (tertiary/aromatic N) is 3. The van der Waals surface area contributed by atoms with Gasteiger partial charge in [0.05, 0.1) is 6.04 Å². The van der Waals surface area contributed by atoms with Crippen molar-refractivity contribution in [3.8, 4) is 0 Å². The maximum Gasteiger partial charge on any atom is 0.252 e. The fourth-order valence-corrected chi connectivity index (χ4v) is 2.78. The normalized spacial score (nSPS) is 15.7. The molecule has 2 N–H and O–H groups in total. The summed E-state index contributed by atoms with van der Waals surface area (Å²) < 4.78 is 2.11. The van der Waals surface area contributed by atoms with Gasteiger partial charge in [0.15, 0.2) is 5.82 Å². The third-order valence-electron chi connectivity index (χ3n) is 4.02. The smallest absolute Gasteiger partial charge is 0.252 e. The number of hydrogen-bond acceptors (Lipinski definition) is 4. The van der Waals surface area contributed by atoms with Crippen molar-refractivity contribution in [2.75, 3.05) is 13.1 Å². The van der Waals surface area contributed by atoms with E-state index in [1.807, 2.05) is 38.1 Å². The van der Waals surface area contributed by atoms with Crippen LogP contribution in [0.2, 0.25) is 0 Å². The molecule has 116 valence electrons. The summed E-state index contributed by atoms with van der Waals surface area (Å²) in [6, 6.07) is 7.41. The van der Waals surface area contributed by atoms with Crippen LogP contribution in [-0.4, -0.2) is 33.8 Å². The fraction of sp³-hybridized carbons (Fsp3) is 0.438. The minimum atomic E-state index is -0.175. The number of hydrogen-bond donors (Lipinski definition) is 2. The van der Waals surface area contributed by atoms with Crippen LogP contribution in [0.4, 0.5) is 0 Å². The predicted octanol–water partition coefficient (Wildman–Crippen LogP) is 1.22. The van der Waals surface area contributed by atoms with Gasteiger partial charge in [-0.2, -0.15) is 0 Å². The average Bonchev–Trinajstić information content (AvgIpc) is 2.77. The van der Waals surface area contributed by atoms with E-state index in [0.717, 1.165) is 43.3 Å². The topological polar surface area (TPSA) is 71.8 Å². The van der Waals surface area contributed by atoms with Gasteiger partial charge in [0, 0.05) is 31.6 Å². The largest absolute Gasteiger partial charge is 0.342 e. The lowest BCUT2D eigenvalue weighted by Gasteiger charge is -2.16. The Bertz CT molecular complexity index is 679. The zero-order valence-electron chi connectivity index (χ0n) is 13.0. The molecular formula is C16H21N5O. The minimum absolute atomic E-state index is 0.0744.